The van der Waals surface area contributed by atoms with Gasteiger partial charge in [-0.25, -0.2) is 4.98 Å². The van der Waals surface area contributed by atoms with Gasteiger partial charge in [-0.15, -0.1) is 0 Å². The van der Waals surface area contributed by atoms with E-state index < -0.39 is 0 Å². The highest BCUT2D eigenvalue weighted by molar-refractivity contribution is 5.64. The summed E-state index contributed by atoms with van der Waals surface area (Å²) in [5, 5.41) is 11.9. The van der Waals surface area contributed by atoms with Crippen LogP contribution < -0.4 is 5.32 Å². The molecule has 2 aromatic rings. The molecule has 0 aliphatic rings. The van der Waals surface area contributed by atoms with Crippen molar-refractivity contribution >= 4 is 5.82 Å². The van der Waals surface area contributed by atoms with Crippen molar-refractivity contribution in [2.75, 3.05) is 12.4 Å². The molecule has 0 spiro atoms. The van der Waals surface area contributed by atoms with Crippen molar-refractivity contribution < 1.29 is 0 Å². The van der Waals surface area contributed by atoms with Crippen molar-refractivity contribution in [2.24, 2.45) is 0 Å². The smallest absolute Gasteiger partial charge is 0.144 e. The van der Waals surface area contributed by atoms with E-state index in [-0.39, 0.29) is 0 Å². The van der Waals surface area contributed by atoms with Gasteiger partial charge in [-0.2, -0.15) is 5.26 Å². The molecule has 0 saturated carbocycles. The van der Waals surface area contributed by atoms with Crippen molar-refractivity contribution in [1.29, 1.82) is 5.26 Å². The first kappa shape index (κ1) is 11.2. The van der Waals surface area contributed by atoms with E-state index >= 15 is 0 Å². The highest BCUT2D eigenvalue weighted by Crippen LogP contribution is 2.21. The van der Waals surface area contributed by atoms with E-state index in [1.165, 1.54) is 5.56 Å². The third-order valence-electron chi connectivity index (χ3n) is 2.60. The first-order valence-electron chi connectivity index (χ1n) is 5.40. The molecule has 84 valence electrons. The average Bonchev–Trinajstić information content (AvgIpc) is 2.39. The minimum atomic E-state index is 0.559. The molecule has 0 atom stereocenters. The average molecular weight is 223 g/mol. The Kier molecular flexibility index (Phi) is 3.06. The van der Waals surface area contributed by atoms with E-state index in [1.54, 1.807) is 13.1 Å². The Bertz CT molecular complexity index is 565. The number of pyridine rings is 1. The molecule has 1 heterocycles. The predicted octanol–water partition coefficient (Wildman–Crippen LogP) is 2.97. The zero-order chi connectivity index (χ0) is 12.3. The van der Waals surface area contributed by atoms with E-state index in [1.807, 2.05) is 30.3 Å². The molecule has 1 aromatic heterocycles. The molecule has 0 unspecified atom stereocenters. The summed E-state index contributed by atoms with van der Waals surface area (Å²) < 4.78 is 0. The van der Waals surface area contributed by atoms with E-state index in [0.717, 1.165) is 11.3 Å². The maximum absolute atomic E-state index is 8.92. The number of anilines is 1. The molecular formula is C14H13N3. The lowest BCUT2D eigenvalue weighted by Gasteiger charge is -2.06. The van der Waals surface area contributed by atoms with Crippen molar-refractivity contribution in [3.63, 3.8) is 0 Å². The Morgan fingerprint density at radius 3 is 2.41 bits per heavy atom. The van der Waals surface area contributed by atoms with Crippen LogP contribution in [-0.2, 0) is 0 Å². The summed E-state index contributed by atoms with van der Waals surface area (Å²) in [6.07, 6.45) is 0. The van der Waals surface area contributed by atoms with Gasteiger partial charge in [0.2, 0.25) is 0 Å². The van der Waals surface area contributed by atoms with Crippen molar-refractivity contribution in [1.82, 2.24) is 4.98 Å². The zero-order valence-corrected chi connectivity index (χ0v) is 9.86. The fourth-order valence-electron chi connectivity index (χ4n) is 1.63. The summed E-state index contributed by atoms with van der Waals surface area (Å²) in [4.78, 5) is 4.43. The van der Waals surface area contributed by atoms with Crippen molar-refractivity contribution in [3.8, 4) is 17.3 Å². The largest absolute Gasteiger partial charge is 0.372 e. The fourth-order valence-corrected chi connectivity index (χ4v) is 1.63. The van der Waals surface area contributed by atoms with Gasteiger partial charge in [0.1, 0.15) is 11.9 Å². The van der Waals surface area contributed by atoms with Gasteiger partial charge in [0.25, 0.3) is 0 Å². The second-order valence-corrected chi connectivity index (χ2v) is 3.82. The SMILES string of the molecule is CNc1nc(-c2ccc(C)cc2)ccc1C#N. The number of aryl methyl sites for hydroxylation is 1. The van der Waals surface area contributed by atoms with Crippen LogP contribution in [0.25, 0.3) is 11.3 Å². The van der Waals surface area contributed by atoms with Crippen LogP contribution in [0.2, 0.25) is 0 Å². The first-order valence-corrected chi connectivity index (χ1v) is 5.40. The fraction of sp³-hybridized carbons (Fsp3) is 0.143. The van der Waals surface area contributed by atoms with Gasteiger partial charge in [-0.05, 0) is 19.1 Å². The minimum absolute atomic E-state index is 0.559. The Morgan fingerprint density at radius 1 is 1.12 bits per heavy atom. The molecular weight excluding hydrogens is 210 g/mol. The molecule has 0 bridgehead atoms. The molecule has 0 fully saturated rings. The summed E-state index contributed by atoms with van der Waals surface area (Å²) in [6.45, 7) is 2.05. The van der Waals surface area contributed by atoms with E-state index in [2.05, 4.69) is 23.3 Å². The summed E-state index contributed by atoms with van der Waals surface area (Å²) in [5.41, 5.74) is 3.70. The highest BCUT2D eigenvalue weighted by atomic mass is 15.0. The predicted molar refractivity (Wildman–Crippen MR) is 68.7 cm³/mol. The molecule has 1 N–H and O–H groups in total. The van der Waals surface area contributed by atoms with Gasteiger partial charge in [0.05, 0.1) is 11.3 Å². The molecule has 0 amide bonds. The summed E-state index contributed by atoms with van der Waals surface area (Å²) in [5.74, 6) is 0.616. The lowest BCUT2D eigenvalue weighted by molar-refractivity contribution is 1.26. The number of aromatic nitrogens is 1. The molecule has 0 saturated heterocycles. The summed E-state index contributed by atoms with van der Waals surface area (Å²) >= 11 is 0. The van der Waals surface area contributed by atoms with Gasteiger partial charge in [0.15, 0.2) is 0 Å². The number of nitrogens with one attached hydrogen (secondary N) is 1. The number of hydrogen-bond donors (Lipinski definition) is 1. The van der Waals surface area contributed by atoms with Gasteiger partial charge < -0.3 is 5.32 Å². The summed E-state index contributed by atoms with van der Waals surface area (Å²) in [7, 11) is 1.77. The van der Waals surface area contributed by atoms with Gasteiger partial charge in [-0.3, -0.25) is 0 Å². The molecule has 3 heteroatoms. The maximum Gasteiger partial charge on any atom is 0.144 e. The number of nitriles is 1. The molecule has 1 aromatic carbocycles. The Hall–Kier alpha value is -2.34. The first-order chi connectivity index (χ1) is 8.24. The van der Waals surface area contributed by atoms with Gasteiger partial charge in [0, 0.05) is 12.6 Å². The van der Waals surface area contributed by atoms with Crippen LogP contribution in [0.15, 0.2) is 36.4 Å². The minimum Gasteiger partial charge on any atom is -0.372 e. The van der Waals surface area contributed by atoms with E-state index in [0.29, 0.717) is 11.4 Å². The summed E-state index contributed by atoms with van der Waals surface area (Å²) in [6, 6.07) is 13.9. The third-order valence-corrected chi connectivity index (χ3v) is 2.60. The molecule has 3 nitrogen and oxygen atoms in total. The van der Waals surface area contributed by atoms with Crippen LogP contribution in [0.3, 0.4) is 0 Å². The van der Waals surface area contributed by atoms with E-state index in [9.17, 15) is 0 Å². The van der Waals surface area contributed by atoms with E-state index in [4.69, 9.17) is 5.26 Å². The highest BCUT2D eigenvalue weighted by Gasteiger charge is 2.05. The lowest BCUT2D eigenvalue weighted by Crippen LogP contribution is -1.97. The number of rotatable bonds is 2. The topological polar surface area (TPSA) is 48.7 Å². The monoisotopic (exact) mass is 223 g/mol. The maximum atomic E-state index is 8.92. The quantitative estimate of drug-likeness (QED) is 0.851. The van der Waals surface area contributed by atoms with Crippen LogP contribution in [0.4, 0.5) is 5.82 Å². The zero-order valence-electron chi connectivity index (χ0n) is 9.86. The van der Waals surface area contributed by atoms with Crippen LogP contribution in [0, 0.1) is 18.3 Å². The number of hydrogen-bond acceptors (Lipinski definition) is 3. The van der Waals surface area contributed by atoms with Gasteiger partial charge in [-0.1, -0.05) is 29.8 Å². The second-order valence-electron chi connectivity index (χ2n) is 3.82. The Balaban J connectivity index is 2.47. The standard InChI is InChI=1S/C14H13N3/c1-10-3-5-11(6-4-10)13-8-7-12(9-15)14(16-2)17-13/h3-8H,1-2H3,(H,16,17). The number of nitrogens with zero attached hydrogens (tertiary/aromatic N) is 2. The molecule has 0 radical (unpaired) electrons. The Morgan fingerprint density at radius 2 is 1.82 bits per heavy atom. The third kappa shape index (κ3) is 2.26. The molecule has 0 aliphatic heterocycles. The number of benzene rings is 1. The molecule has 2 rings (SSSR count). The lowest BCUT2D eigenvalue weighted by atomic mass is 10.1. The van der Waals surface area contributed by atoms with Crippen LogP contribution in [0.1, 0.15) is 11.1 Å². The Labute approximate surface area is 101 Å². The van der Waals surface area contributed by atoms with Crippen molar-refractivity contribution in [3.05, 3.63) is 47.5 Å². The molecule has 17 heavy (non-hydrogen) atoms. The second kappa shape index (κ2) is 4.67. The normalized spacial score (nSPS) is 9.71. The van der Waals surface area contributed by atoms with Gasteiger partial charge >= 0.3 is 0 Å². The van der Waals surface area contributed by atoms with Crippen molar-refractivity contribution in [2.45, 2.75) is 6.92 Å². The van der Waals surface area contributed by atoms with Crippen LogP contribution in [-0.4, -0.2) is 12.0 Å². The van der Waals surface area contributed by atoms with Crippen LogP contribution >= 0.6 is 0 Å². The van der Waals surface area contributed by atoms with Crippen LogP contribution in [0.5, 0.6) is 0 Å². The molecule has 0 aliphatic carbocycles.